The monoisotopic (exact) mass is 526 g/mol. The molecule has 2 aliphatic heterocycles. The van der Waals surface area contributed by atoms with Gasteiger partial charge >= 0.3 is 5.97 Å². The highest BCUT2D eigenvalue weighted by Crippen LogP contribution is 2.38. The molecule has 6 N–H and O–H groups in total. The number of methoxy groups -OCH3 is 1. The van der Waals surface area contributed by atoms with Gasteiger partial charge in [-0.15, -0.1) is 11.8 Å². The van der Waals surface area contributed by atoms with Gasteiger partial charge in [-0.1, -0.05) is 32.6 Å². The van der Waals surface area contributed by atoms with Crippen LogP contribution in [0.25, 0.3) is 0 Å². The Labute approximate surface area is 210 Å². The van der Waals surface area contributed by atoms with E-state index in [9.17, 15) is 35.4 Å². The van der Waals surface area contributed by atoms with E-state index in [0.29, 0.717) is 19.4 Å². The number of hydrogen-bond donors (Lipinski definition) is 6. The van der Waals surface area contributed by atoms with Gasteiger partial charge in [-0.25, -0.2) is 0 Å². The van der Waals surface area contributed by atoms with Crippen LogP contribution >= 0.6 is 11.8 Å². The highest BCUT2D eigenvalue weighted by atomic mass is 32.2. The Hall–Kier alpha value is -0.540. The average molecular weight is 527 g/mol. The maximum absolute atomic E-state index is 11.1. The van der Waals surface area contributed by atoms with Gasteiger partial charge < -0.3 is 49.6 Å². The molecule has 11 nitrogen and oxygen atoms in total. The van der Waals surface area contributed by atoms with Crippen molar-refractivity contribution in [1.29, 1.82) is 0 Å². The van der Waals surface area contributed by atoms with Crippen LogP contribution in [0.2, 0.25) is 0 Å². The Morgan fingerprint density at radius 2 is 1.49 bits per heavy atom. The number of thioether (sulfide) groups is 1. The second kappa shape index (κ2) is 15.7. The zero-order chi connectivity index (χ0) is 26.0. The quantitative estimate of drug-likeness (QED) is 0.129. The summed E-state index contributed by atoms with van der Waals surface area (Å²) >= 11 is 0.992. The van der Waals surface area contributed by atoms with Gasteiger partial charge in [-0.3, -0.25) is 4.79 Å². The Morgan fingerprint density at radius 1 is 0.829 bits per heavy atom. The van der Waals surface area contributed by atoms with Gasteiger partial charge in [0.1, 0.15) is 36.0 Å². The molecule has 2 aliphatic rings. The molecule has 2 saturated heterocycles. The number of carbonyl (C=O) groups excluding carboxylic acids is 1. The van der Waals surface area contributed by atoms with Gasteiger partial charge in [-0.2, -0.15) is 0 Å². The van der Waals surface area contributed by atoms with Crippen molar-refractivity contribution >= 4 is 17.7 Å². The predicted octanol–water partition coefficient (Wildman–Crippen LogP) is -0.335. The Balaban J connectivity index is 1.77. The van der Waals surface area contributed by atoms with Gasteiger partial charge in [0.05, 0.1) is 31.2 Å². The average Bonchev–Trinajstić information content (AvgIpc) is 2.86. The molecular formula is C23H42O11S. The van der Waals surface area contributed by atoms with Crippen molar-refractivity contribution in [2.24, 2.45) is 0 Å². The van der Waals surface area contributed by atoms with Gasteiger partial charge in [0.25, 0.3) is 0 Å². The molecule has 2 fully saturated rings. The predicted molar refractivity (Wildman–Crippen MR) is 126 cm³/mol. The summed E-state index contributed by atoms with van der Waals surface area (Å²) in [7, 11) is 1.39. The minimum atomic E-state index is -1.52. The van der Waals surface area contributed by atoms with Crippen molar-refractivity contribution in [1.82, 2.24) is 0 Å². The number of aliphatic hydroxyl groups excluding tert-OH is 6. The van der Waals surface area contributed by atoms with E-state index >= 15 is 0 Å². The summed E-state index contributed by atoms with van der Waals surface area (Å²) in [5.41, 5.74) is -1.04. The first-order valence-electron chi connectivity index (χ1n) is 12.4. The zero-order valence-electron chi connectivity index (χ0n) is 20.5. The van der Waals surface area contributed by atoms with E-state index in [2.05, 4.69) is 4.74 Å². The maximum atomic E-state index is 11.1. The molecule has 0 bridgehead atoms. The third-order valence-corrected chi connectivity index (χ3v) is 8.02. The molecule has 2 heterocycles. The maximum Gasteiger partial charge on any atom is 0.305 e. The number of ether oxygens (including phenoxy) is 4. The third-order valence-electron chi connectivity index (χ3n) is 6.47. The fourth-order valence-electron chi connectivity index (χ4n) is 4.25. The van der Waals surface area contributed by atoms with Crippen LogP contribution in [0.5, 0.6) is 0 Å². The first-order chi connectivity index (χ1) is 16.7. The number of hydrogen-bond acceptors (Lipinski definition) is 12. The number of rotatable bonds is 14. The van der Waals surface area contributed by atoms with Gasteiger partial charge in [0.2, 0.25) is 0 Å². The lowest BCUT2D eigenvalue weighted by Crippen LogP contribution is -2.61. The van der Waals surface area contributed by atoms with Crippen molar-refractivity contribution in [3.05, 3.63) is 0 Å². The van der Waals surface area contributed by atoms with E-state index in [1.165, 1.54) is 7.11 Å². The Bertz CT molecular complexity index is 608. The first-order valence-corrected chi connectivity index (χ1v) is 13.3. The summed E-state index contributed by atoms with van der Waals surface area (Å²) in [6, 6.07) is 0. The fraction of sp³-hybridized carbons (Fsp3) is 0.957. The number of carbonyl (C=O) groups is 1. The van der Waals surface area contributed by atoms with E-state index < -0.39 is 66.3 Å². The molecule has 2 rings (SSSR count). The van der Waals surface area contributed by atoms with Crippen LogP contribution in [0, 0.1) is 0 Å². The molecule has 0 amide bonds. The highest BCUT2D eigenvalue weighted by molar-refractivity contribution is 8.00. The van der Waals surface area contributed by atoms with E-state index in [1.54, 1.807) is 0 Å². The summed E-state index contributed by atoms with van der Waals surface area (Å²) in [6.07, 6.45) is -3.19. The van der Waals surface area contributed by atoms with Gasteiger partial charge in [0, 0.05) is 13.0 Å². The van der Waals surface area contributed by atoms with Crippen molar-refractivity contribution in [3.63, 3.8) is 0 Å². The normalized spacial score (nSPS) is 37.8. The summed E-state index contributed by atoms with van der Waals surface area (Å²) in [5, 5.41) is 60.4. The lowest BCUT2D eigenvalue weighted by molar-refractivity contribution is -0.264. The molecule has 0 aromatic rings. The topological polar surface area (TPSA) is 175 Å². The first kappa shape index (κ1) is 30.7. The SMILES string of the molecule is CCC1O[C@@H](OCCCCCCCCC(=O)OC)C(O)C(O)[C@@H]1SC1OC(CO)[C@H](O)C(O)C1O. The molecule has 12 heteroatoms. The highest BCUT2D eigenvalue weighted by Gasteiger charge is 2.50. The summed E-state index contributed by atoms with van der Waals surface area (Å²) < 4.78 is 21.8. The summed E-state index contributed by atoms with van der Waals surface area (Å²) in [5.74, 6) is -0.189. The van der Waals surface area contributed by atoms with Crippen LogP contribution < -0.4 is 0 Å². The molecule has 10 atom stereocenters. The fourth-order valence-corrected chi connectivity index (χ4v) is 5.85. The summed E-state index contributed by atoms with van der Waals surface area (Å²) in [4.78, 5) is 11.1. The standard InChI is InChI=1S/C23H42O11S/c1-3-13-21(35-23-20(30)17(27)16(26)14(12-24)34-23)18(28)19(29)22(33-13)32-11-9-7-5-4-6-8-10-15(25)31-2/h13-14,16-24,26-30H,3-12H2,1-2H3/t13?,14?,16-,17?,18?,19?,20?,21+,22+,23?/m0/s1. The molecule has 0 saturated carbocycles. The Morgan fingerprint density at radius 3 is 2.11 bits per heavy atom. The molecule has 206 valence electrons. The second-order valence-electron chi connectivity index (χ2n) is 9.05. The van der Waals surface area contributed by atoms with E-state index in [1.807, 2.05) is 6.92 Å². The third kappa shape index (κ3) is 8.77. The molecular weight excluding hydrogens is 484 g/mol. The van der Waals surface area contributed by atoms with Crippen molar-refractivity contribution in [2.45, 2.75) is 118 Å². The van der Waals surface area contributed by atoms with Crippen LogP contribution in [0.3, 0.4) is 0 Å². The number of aliphatic hydroxyl groups is 6. The van der Waals surface area contributed by atoms with Crippen LogP contribution in [0.15, 0.2) is 0 Å². The van der Waals surface area contributed by atoms with Crippen LogP contribution in [-0.2, 0) is 23.7 Å². The van der Waals surface area contributed by atoms with Gasteiger partial charge in [0.15, 0.2) is 6.29 Å². The second-order valence-corrected chi connectivity index (χ2v) is 10.3. The summed E-state index contributed by atoms with van der Waals surface area (Å²) in [6.45, 7) is 1.67. The number of unbranched alkanes of at least 4 members (excludes halogenated alkanes) is 5. The van der Waals surface area contributed by atoms with E-state index in [-0.39, 0.29) is 5.97 Å². The van der Waals surface area contributed by atoms with Crippen LogP contribution in [0.1, 0.15) is 58.3 Å². The molecule has 35 heavy (non-hydrogen) atoms. The van der Waals surface area contributed by atoms with Crippen molar-refractivity contribution in [2.75, 3.05) is 20.3 Å². The minimum absolute atomic E-state index is 0.189. The van der Waals surface area contributed by atoms with Crippen LogP contribution in [0.4, 0.5) is 0 Å². The number of esters is 1. The van der Waals surface area contributed by atoms with Gasteiger partial charge in [-0.05, 0) is 19.3 Å². The Kier molecular flexibility index (Phi) is 13.7. The lowest BCUT2D eigenvalue weighted by atomic mass is 10.00. The van der Waals surface area contributed by atoms with E-state index in [4.69, 9.17) is 14.2 Å². The molecule has 0 aromatic heterocycles. The molecule has 0 aliphatic carbocycles. The van der Waals surface area contributed by atoms with Crippen molar-refractivity contribution in [3.8, 4) is 0 Å². The smallest absolute Gasteiger partial charge is 0.305 e. The zero-order valence-corrected chi connectivity index (χ0v) is 21.3. The molecule has 0 aromatic carbocycles. The minimum Gasteiger partial charge on any atom is -0.469 e. The molecule has 0 radical (unpaired) electrons. The van der Waals surface area contributed by atoms with Crippen molar-refractivity contribution < 1.29 is 54.4 Å². The molecule has 7 unspecified atom stereocenters. The van der Waals surface area contributed by atoms with Crippen LogP contribution in [-0.4, -0.2) is 117 Å². The lowest BCUT2D eigenvalue weighted by Gasteiger charge is -2.46. The molecule has 0 spiro atoms. The largest absolute Gasteiger partial charge is 0.469 e. The van der Waals surface area contributed by atoms with E-state index in [0.717, 1.165) is 50.3 Å².